The monoisotopic (exact) mass is 374 g/mol. The van der Waals surface area contributed by atoms with Crippen molar-refractivity contribution in [2.24, 2.45) is 0 Å². The van der Waals surface area contributed by atoms with Gasteiger partial charge in [-0.1, -0.05) is 103 Å². The van der Waals surface area contributed by atoms with Crippen molar-refractivity contribution in [3.05, 3.63) is 120 Å². The van der Waals surface area contributed by atoms with Gasteiger partial charge in [0.25, 0.3) is 0 Å². The average molecular weight is 374 g/mol. The first-order valence-corrected chi connectivity index (χ1v) is 9.58. The standard InChI is InChI=1S/C27H18O2/c28-27-26(23-17-9-15-19-12-7-8-16-22(19)23)24(20-10-3-1-4-11-20)18-25(29-27)21-13-5-2-6-14-21/h1-18H. The molecule has 0 saturated heterocycles. The van der Waals surface area contributed by atoms with Crippen LogP contribution >= 0.6 is 0 Å². The molecule has 0 unspecified atom stereocenters. The van der Waals surface area contributed by atoms with E-state index in [2.05, 4.69) is 12.1 Å². The van der Waals surface area contributed by atoms with Crippen molar-refractivity contribution in [2.75, 3.05) is 0 Å². The molecule has 5 aromatic rings. The summed E-state index contributed by atoms with van der Waals surface area (Å²) in [6, 6.07) is 35.8. The molecule has 1 aromatic heterocycles. The minimum atomic E-state index is -0.332. The molecule has 4 aromatic carbocycles. The summed E-state index contributed by atoms with van der Waals surface area (Å²) >= 11 is 0. The Morgan fingerprint density at radius 2 is 1.17 bits per heavy atom. The van der Waals surface area contributed by atoms with Crippen LogP contribution in [0.1, 0.15) is 0 Å². The SMILES string of the molecule is O=c1oc(-c2ccccc2)cc(-c2ccccc2)c1-c1cccc2ccccc12. The van der Waals surface area contributed by atoms with Gasteiger partial charge < -0.3 is 4.42 Å². The summed E-state index contributed by atoms with van der Waals surface area (Å²) < 4.78 is 5.80. The average Bonchev–Trinajstić information content (AvgIpc) is 2.79. The molecular formula is C27H18O2. The summed E-state index contributed by atoms with van der Waals surface area (Å²) in [6.45, 7) is 0. The van der Waals surface area contributed by atoms with Crippen molar-refractivity contribution in [3.8, 4) is 33.6 Å². The number of benzene rings is 4. The number of rotatable bonds is 3. The van der Waals surface area contributed by atoms with Gasteiger partial charge in [-0.15, -0.1) is 0 Å². The predicted molar refractivity (Wildman–Crippen MR) is 119 cm³/mol. The maximum Gasteiger partial charge on any atom is 0.344 e. The highest BCUT2D eigenvalue weighted by Crippen LogP contribution is 2.36. The Labute approximate surface area is 168 Å². The highest BCUT2D eigenvalue weighted by Gasteiger charge is 2.18. The van der Waals surface area contributed by atoms with Gasteiger partial charge in [-0.05, 0) is 28.0 Å². The summed E-state index contributed by atoms with van der Waals surface area (Å²) in [7, 11) is 0. The van der Waals surface area contributed by atoms with Crippen LogP contribution in [-0.4, -0.2) is 0 Å². The molecule has 0 aliphatic heterocycles. The van der Waals surface area contributed by atoms with E-state index in [4.69, 9.17) is 4.42 Å². The van der Waals surface area contributed by atoms with Gasteiger partial charge in [0, 0.05) is 11.1 Å². The first-order chi connectivity index (χ1) is 14.3. The molecule has 5 rings (SSSR count). The maximum atomic E-state index is 13.3. The Bertz CT molecular complexity index is 1340. The van der Waals surface area contributed by atoms with E-state index in [0.717, 1.165) is 33.0 Å². The summed E-state index contributed by atoms with van der Waals surface area (Å²) in [5.74, 6) is 0.568. The minimum absolute atomic E-state index is 0.332. The Morgan fingerprint density at radius 3 is 1.93 bits per heavy atom. The minimum Gasteiger partial charge on any atom is -0.422 e. The van der Waals surface area contributed by atoms with Gasteiger partial charge >= 0.3 is 5.63 Å². The van der Waals surface area contributed by atoms with E-state index in [0.29, 0.717) is 11.3 Å². The van der Waals surface area contributed by atoms with Crippen LogP contribution in [0, 0.1) is 0 Å². The Morgan fingerprint density at radius 1 is 0.552 bits per heavy atom. The highest BCUT2D eigenvalue weighted by atomic mass is 16.4. The molecule has 2 heteroatoms. The van der Waals surface area contributed by atoms with Crippen molar-refractivity contribution in [1.82, 2.24) is 0 Å². The maximum absolute atomic E-state index is 13.3. The van der Waals surface area contributed by atoms with Crippen molar-refractivity contribution >= 4 is 10.8 Å². The fraction of sp³-hybridized carbons (Fsp3) is 0. The normalized spacial score (nSPS) is 10.9. The van der Waals surface area contributed by atoms with E-state index < -0.39 is 0 Å². The molecule has 29 heavy (non-hydrogen) atoms. The number of hydrogen-bond acceptors (Lipinski definition) is 2. The molecule has 138 valence electrons. The predicted octanol–water partition coefficient (Wildman–Crippen LogP) is 6.79. The number of fused-ring (bicyclic) bond motifs is 1. The second-order valence-electron chi connectivity index (χ2n) is 6.95. The van der Waals surface area contributed by atoms with Gasteiger partial charge in [-0.25, -0.2) is 4.79 Å². The lowest BCUT2D eigenvalue weighted by atomic mass is 9.92. The molecule has 0 saturated carbocycles. The van der Waals surface area contributed by atoms with E-state index in [1.165, 1.54) is 0 Å². The zero-order valence-electron chi connectivity index (χ0n) is 15.7. The van der Waals surface area contributed by atoms with Gasteiger partial charge in [0.05, 0.1) is 5.56 Å². The van der Waals surface area contributed by atoms with Crippen LogP contribution in [0.3, 0.4) is 0 Å². The van der Waals surface area contributed by atoms with Gasteiger partial charge in [-0.3, -0.25) is 0 Å². The van der Waals surface area contributed by atoms with Crippen molar-refractivity contribution in [1.29, 1.82) is 0 Å². The highest BCUT2D eigenvalue weighted by molar-refractivity contribution is 6.00. The smallest absolute Gasteiger partial charge is 0.344 e. The molecule has 2 nitrogen and oxygen atoms in total. The van der Waals surface area contributed by atoms with E-state index in [1.807, 2.05) is 97.1 Å². The first kappa shape index (κ1) is 17.2. The van der Waals surface area contributed by atoms with Crippen molar-refractivity contribution in [3.63, 3.8) is 0 Å². The second-order valence-corrected chi connectivity index (χ2v) is 6.95. The molecule has 0 N–H and O–H groups in total. The second kappa shape index (κ2) is 7.25. The third kappa shape index (κ3) is 3.15. The lowest BCUT2D eigenvalue weighted by molar-refractivity contribution is 0.529. The zero-order chi connectivity index (χ0) is 19.6. The van der Waals surface area contributed by atoms with Gasteiger partial charge in [-0.2, -0.15) is 0 Å². The van der Waals surface area contributed by atoms with Crippen LogP contribution in [-0.2, 0) is 0 Å². The number of hydrogen-bond donors (Lipinski definition) is 0. The van der Waals surface area contributed by atoms with E-state index in [1.54, 1.807) is 0 Å². The Balaban J connectivity index is 1.85. The van der Waals surface area contributed by atoms with Crippen LogP contribution in [0.25, 0.3) is 44.3 Å². The van der Waals surface area contributed by atoms with Gasteiger partial charge in [0.2, 0.25) is 0 Å². The molecule has 0 fully saturated rings. The first-order valence-electron chi connectivity index (χ1n) is 9.58. The largest absolute Gasteiger partial charge is 0.422 e. The van der Waals surface area contributed by atoms with Gasteiger partial charge in [0.1, 0.15) is 5.76 Å². The fourth-order valence-electron chi connectivity index (χ4n) is 3.78. The molecule has 0 aliphatic carbocycles. The fourth-order valence-corrected chi connectivity index (χ4v) is 3.78. The van der Waals surface area contributed by atoms with E-state index >= 15 is 0 Å². The zero-order valence-corrected chi connectivity index (χ0v) is 15.7. The topological polar surface area (TPSA) is 30.2 Å². The van der Waals surface area contributed by atoms with Crippen LogP contribution in [0.4, 0.5) is 0 Å². The molecule has 0 radical (unpaired) electrons. The van der Waals surface area contributed by atoms with Crippen LogP contribution in [0.2, 0.25) is 0 Å². The van der Waals surface area contributed by atoms with Crippen molar-refractivity contribution < 1.29 is 4.42 Å². The molecule has 1 heterocycles. The molecule has 0 spiro atoms. The summed E-state index contributed by atoms with van der Waals surface area (Å²) in [5, 5.41) is 2.13. The lowest BCUT2D eigenvalue weighted by Crippen LogP contribution is -2.06. The van der Waals surface area contributed by atoms with Crippen LogP contribution in [0.5, 0.6) is 0 Å². The van der Waals surface area contributed by atoms with E-state index in [-0.39, 0.29) is 5.63 Å². The Hall–Kier alpha value is -3.91. The molecule has 0 amide bonds. The molecule has 0 aliphatic rings. The summed E-state index contributed by atoms with van der Waals surface area (Å²) in [4.78, 5) is 13.3. The lowest BCUT2D eigenvalue weighted by Gasteiger charge is -2.13. The molecule has 0 bridgehead atoms. The van der Waals surface area contributed by atoms with Gasteiger partial charge in [0.15, 0.2) is 0 Å². The quantitative estimate of drug-likeness (QED) is 0.348. The third-order valence-electron chi connectivity index (χ3n) is 5.15. The summed E-state index contributed by atoms with van der Waals surface area (Å²) in [6.07, 6.45) is 0. The van der Waals surface area contributed by atoms with Crippen LogP contribution < -0.4 is 5.63 Å². The Kier molecular flexibility index (Phi) is 4.30. The van der Waals surface area contributed by atoms with Crippen LogP contribution in [0.15, 0.2) is 118 Å². The summed E-state index contributed by atoms with van der Waals surface area (Å²) in [5.41, 5.74) is 3.88. The third-order valence-corrected chi connectivity index (χ3v) is 5.15. The molecule has 0 atom stereocenters. The van der Waals surface area contributed by atoms with E-state index in [9.17, 15) is 4.79 Å². The molecular weight excluding hydrogens is 356 g/mol. The van der Waals surface area contributed by atoms with Crippen molar-refractivity contribution in [2.45, 2.75) is 0 Å².